The number of carboxylic acids is 1. The minimum atomic E-state index is -1.18. The molecule has 0 amide bonds. The Hall–Kier alpha value is -1.39. The summed E-state index contributed by atoms with van der Waals surface area (Å²) >= 11 is 0. The van der Waals surface area contributed by atoms with E-state index in [1.807, 2.05) is 13.0 Å². The van der Waals surface area contributed by atoms with Crippen LogP contribution in [0.2, 0.25) is 0 Å². The molecule has 0 aliphatic carbocycles. The van der Waals surface area contributed by atoms with E-state index in [-0.39, 0.29) is 19.6 Å². The fourth-order valence-corrected chi connectivity index (χ4v) is 1.82. The Labute approximate surface area is 94.7 Å². The van der Waals surface area contributed by atoms with E-state index in [1.54, 1.807) is 18.2 Å². The van der Waals surface area contributed by atoms with E-state index >= 15 is 0 Å². The van der Waals surface area contributed by atoms with Crippen molar-refractivity contribution in [1.82, 2.24) is 0 Å². The van der Waals surface area contributed by atoms with Crippen LogP contribution >= 0.6 is 0 Å². The normalized spacial score (nSPS) is 14.4. The van der Waals surface area contributed by atoms with Gasteiger partial charge in [0.1, 0.15) is 5.41 Å². The molecule has 1 aromatic rings. The number of aliphatic hydroxyl groups is 1. The summed E-state index contributed by atoms with van der Waals surface area (Å²) in [5.74, 6) is -0.991. The summed E-state index contributed by atoms with van der Waals surface area (Å²) < 4.78 is 0. The molecule has 0 fully saturated rings. The number of hydrogen-bond donors (Lipinski definition) is 3. The van der Waals surface area contributed by atoms with Gasteiger partial charge in [-0.15, -0.1) is 0 Å². The number of hydrogen-bond acceptors (Lipinski definition) is 3. The van der Waals surface area contributed by atoms with Crippen LogP contribution in [-0.4, -0.2) is 29.3 Å². The van der Waals surface area contributed by atoms with Crippen LogP contribution in [0.25, 0.3) is 0 Å². The molecular weight excluding hydrogens is 206 g/mol. The molecule has 4 heteroatoms. The van der Waals surface area contributed by atoms with Gasteiger partial charge in [-0.1, -0.05) is 29.8 Å². The maximum atomic E-state index is 11.4. The van der Waals surface area contributed by atoms with E-state index in [4.69, 9.17) is 10.8 Å². The van der Waals surface area contributed by atoms with Gasteiger partial charge in [0.25, 0.3) is 0 Å². The van der Waals surface area contributed by atoms with Crippen LogP contribution in [0.5, 0.6) is 0 Å². The molecule has 0 spiro atoms. The summed E-state index contributed by atoms with van der Waals surface area (Å²) in [5, 5.41) is 18.3. The van der Waals surface area contributed by atoms with Crippen molar-refractivity contribution in [2.75, 3.05) is 13.2 Å². The van der Waals surface area contributed by atoms with Gasteiger partial charge in [0, 0.05) is 13.2 Å². The van der Waals surface area contributed by atoms with Gasteiger partial charge >= 0.3 is 5.97 Å². The van der Waals surface area contributed by atoms with Crippen molar-refractivity contribution in [2.45, 2.75) is 18.8 Å². The number of aliphatic hydroxyl groups excluding tert-OH is 1. The Balaban J connectivity index is 3.24. The number of aryl methyl sites for hydroxylation is 1. The molecular formula is C12H17NO3. The number of aliphatic carboxylic acids is 1. The lowest BCUT2D eigenvalue weighted by Crippen LogP contribution is -2.43. The molecule has 1 unspecified atom stereocenters. The minimum absolute atomic E-state index is 0.0215. The van der Waals surface area contributed by atoms with Crippen molar-refractivity contribution >= 4 is 5.97 Å². The average molecular weight is 223 g/mol. The summed E-state index contributed by atoms with van der Waals surface area (Å²) in [4.78, 5) is 11.4. The van der Waals surface area contributed by atoms with Crippen LogP contribution in [0.1, 0.15) is 17.5 Å². The third-order valence-corrected chi connectivity index (χ3v) is 2.87. The molecule has 0 saturated carbocycles. The second kappa shape index (κ2) is 5.09. The highest BCUT2D eigenvalue weighted by Crippen LogP contribution is 2.28. The molecule has 0 aliphatic rings. The van der Waals surface area contributed by atoms with Gasteiger partial charge in [0.05, 0.1) is 0 Å². The van der Waals surface area contributed by atoms with Crippen LogP contribution in [0, 0.1) is 6.92 Å². The Morgan fingerprint density at radius 1 is 1.50 bits per heavy atom. The van der Waals surface area contributed by atoms with Crippen molar-refractivity contribution in [3.8, 4) is 0 Å². The van der Waals surface area contributed by atoms with E-state index in [1.165, 1.54) is 0 Å². The molecule has 0 saturated heterocycles. The summed E-state index contributed by atoms with van der Waals surface area (Å²) in [7, 11) is 0. The van der Waals surface area contributed by atoms with E-state index in [2.05, 4.69) is 0 Å². The van der Waals surface area contributed by atoms with Crippen molar-refractivity contribution < 1.29 is 15.0 Å². The third kappa shape index (κ3) is 2.23. The molecule has 0 aliphatic heterocycles. The van der Waals surface area contributed by atoms with E-state index < -0.39 is 11.4 Å². The molecule has 1 rings (SSSR count). The van der Waals surface area contributed by atoms with Gasteiger partial charge in [-0.2, -0.15) is 0 Å². The molecule has 0 radical (unpaired) electrons. The van der Waals surface area contributed by atoms with Gasteiger partial charge in [-0.05, 0) is 18.9 Å². The fraction of sp³-hybridized carbons (Fsp3) is 0.417. The Kier molecular flexibility index (Phi) is 4.04. The molecule has 1 atom stereocenters. The van der Waals surface area contributed by atoms with Gasteiger partial charge in [0.2, 0.25) is 0 Å². The first kappa shape index (κ1) is 12.7. The number of carboxylic acid groups (broad SMARTS) is 1. The highest BCUT2D eigenvalue weighted by molar-refractivity contribution is 5.81. The van der Waals surface area contributed by atoms with Crippen LogP contribution in [-0.2, 0) is 10.2 Å². The number of nitrogens with two attached hydrogens (primary N) is 1. The van der Waals surface area contributed by atoms with Gasteiger partial charge < -0.3 is 15.9 Å². The zero-order chi connectivity index (χ0) is 12.2. The van der Waals surface area contributed by atoms with Gasteiger partial charge in [-0.3, -0.25) is 4.79 Å². The van der Waals surface area contributed by atoms with Crippen LogP contribution in [0.3, 0.4) is 0 Å². The molecule has 88 valence electrons. The van der Waals surface area contributed by atoms with Gasteiger partial charge in [0.15, 0.2) is 0 Å². The summed E-state index contributed by atoms with van der Waals surface area (Å²) in [5.41, 5.74) is 6.04. The van der Waals surface area contributed by atoms with Crippen molar-refractivity contribution in [2.24, 2.45) is 5.73 Å². The molecule has 1 aromatic carbocycles. The second-order valence-corrected chi connectivity index (χ2v) is 3.93. The molecule has 4 nitrogen and oxygen atoms in total. The molecule has 16 heavy (non-hydrogen) atoms. The van der Waals surface area contributed by atoms with Crippen molar-refractivity contribution in [3.63, 3.8) is 0 Å². The van der Waals surface area contributed by atoms with Crippen LogP contribution < -0.4 is 5.73 Å². The fourth-order valence-electron chi connectivity index (χ4n) is 1.82. The number of benzene rings is 1. The highest BCUT2D eigenvalue weighted by atomic mass is 16.4. The van der Waals surface area contributed by atoms with Crippen LogP contribution in [0.4, 0.5) is 0 Å². The molecule has 0 heterocycles. The van der Waals surface area contributed by atoms with E-state index in [9.17, 15) is 9.90 Å². The quantitative estimate of drug-likeness (QED) is 0.684. The third-order valence-electron chi connectivity index (χ3n) is 2.87. The SMILES string of the molecule is Cc1cccc(C(CN)(CCO)C(=O)O)c1. The smallest absolute Gasteiger partial charge is 0.315 e. The molecule has 4 N–H and O–H groups in total. The van der Waals surface area contributed by atoms with Crippen molar-refractivity contribution in [3.05, 3.63) is 35.4 Å². The topological polar surface area (TPSA) is 83.5 Å². The largest absolute Gasteiger partial charge is 0.481 e. The maximum Gasteiger partial charge on any atom is 0.315 e. The molecule has 0 aromatic heterocycles. The second-order valence-electron chi connectivity index (χ2n) is 3.93. The lowest BCUT2D eigenvalue weighted by molar-refractivity contribution is -0.144. The maximum absolute atomic E-state index is 11.4. The Morgan fingerprint density at radius 3 is 2.62 bits per heavy atom. The first-order valence-electron chi connectivity index (χ1n) is 5.18. The zero-order valence-corrected chi connectivity index (χ0v) is 9.31. The van der Waals surface area contributed by atoms with Crippen molar-refractivity contribution in [1.29, 1.82) is 0 Å². The lowest BCUT2D eigenvalue weighted by Gasteiger charge is -2.28. The Bertz CT molecular complexity index is 378. The minimum Gasteiger partial charge on any atom is -0.481 e. The lowest BCUT2D eigenvalue weighted by atomic mass is 9.77. The van der Waals surface area contributed by atoms with E-state index in [0.717, 1.165) is 5.56 Å². The summed E-state index contributed by atoms with van der Waals surface area (Å²) in [6.45, 7) is 1.68. The summed E-state index contributed by atoms with van der Waals surface area (Å²) in [6.07, 6.45) is 0.127. The zero-order valence-electron chi connectivity index (χ0n) is 9.31. The summed E-state index contributed by atoms with van der Waals surface area (Å²) in [6, 6.07) is 7.24. The Morgan fingerprint density at radius 2 is 2.19 bits per heavy atom. The number of rotatable bonds is 5. The predicted octanol–water partition coefficient (Wildman–Crippen LogP) is 0.659. The predicted molar refractivity (Wildman–Crippen MR) is 61.3 cm³/mol. The first-order valence-corrected chi connectivity index (χ1v) is 5.18. The average Bonchev–Trinajstić information content (AvgIpc) is 2.25. The van der Waals surface area contributed by atoms with Crippen LogP contribution in [0.15, 0.2) is 24.3 Å². The first-order chi connectivity index (χ1) is 7.56. The molecule has 0 bridgehead atoms. The standard InChI is InChI=1S/C12H17NO3/c1-9-3-2-4-10(7-9)12(8-13,5-6-14)11(15)16/h2-4,7,14H,5-6,8,13H2,1H3,(H,15,16). The van der Waals surface area contributed by atoms with E-state index in [0.29, 0.717) is 5.56 Å². The van der Waals surface area contributed by atoms with Gasteiger partial charge in [-0.25, -0.2) is 0 Å². The number of carbonyl (C=O) groups is 1. The highest BCUT2D eigenvalue weighted by Gasteiger charge is 2.38. The monoisotopic (exact) mass is 223 g/mol.